The van der Waals surface area contributed by atoms with Gasteiger partial charge in [0.25, 0.3) is 0 Å². The largest absolute Gasteiger partial charge is 0.512 e. The number of thioether (sulfide) groups is 1. The molecule has 3 unspecified atom stereocenters. The number of aliphatic hydroxyl groups excluding tert-OH is 2. The molecule has 7 heteroatoms. The third-order valence-corrected chi connectivity index (χ3v) is 4.72. The number of carbonyl (C=O) groups excluding carboxylic acids is 2. The van der Waals surface area contributed by atoms with E-state index in [9.17, 15) is 19.8 Å². The molecule has 0 aliphatic heterocycles. The van der Waals surface area contributed by atoms with Crippen molar-refractivity contribution in [3.63, 3.8) is 0 Å². The molecule has 0 fully saturated rings. The minimum absolute atomic E-state index is 0.0537. The monoisotopic (exact) mass is 362 g/mol. The number of esters is 2. The number of hydrogen-bond acceptors (Lipinski definition) is 7. The first-order valence-corrected chi connectivity index (χ1v) is 9.40. The van der Waals surface area contributed by atoms with Crippen LogP contribution in [0.25, 0.3) is 0 Å². The van der Waals surface area contributed by atoms with Gasteiger partial charge < -0.3 is 19.7 Å². The van der Waals surface area contributed by atoms with E-state index in [1.54, 1.807) is 31.7 Å². The van der Waals surface area contributed by atoms with Crippen molar-refractivity contribution in [1.82, 2.24) is 0 Å². The molecule has 0 saturated heterocycles. The van der Waals surface area contributed by atoms with E-state index < -0.39 is 12.1 Å². The van der Waals surface area contributed by atoms with Gasteiger partial charge in [0.05, 0.1) is 18.1 Å². The van der Waals surface area contributed by atoms with E-state index in [0.717, 1.165) is 5.75 Å². The normalized spacial score (nSPS) is 15.5. The maximum absolute atomic E-state index is 11.6. The van der Waals surface area contributed by atoms with Crippen molar-refractivity contribution in [2.24, 2.45) is 11.8 Å². The molecule has 2 N–H and O–H groups in total. The Bertz CT molecular complexity index is 410. The Hall–Kier alpha value is -1.21. The highest BCUT2D eigenvalue weighted by Gasteiger charge is 2.15. The Kier molecular flexibility index (Phi) is 12.5. The molecular weight excluding hydrogens is 332 g/mol. The molecule has 6 nitrogen and oxygen atoms in total. The van der Waals surface area contributed by atoms with Gasteiger partial charge in [-0.3, -0.25) is 9.59 Å². The zero-order valence-electron chi connectivity index (χ0n) is 15.0. The zero-order chi connectivity index (χ0) is 18.5. The fraction of sp³-hybridized carbons (Fsp3) is 0.765. The predicted octanol–water partition coefficient (Wildman–Crippen LogP) is 2.70. The van der Waals surface area contributed by atoms with Gasteiger partial charge in [-0.15, -0.1) is 0 Å². The number of hydrogen-bond donors (Lipinski definition) is 2. The first kappa shape index (κ1) is 22.8. The van der Waals surface area contributed by atoms with Crippen molar-refractivity contribution in [2.45, 2.75) is 46.6 Å². The summed E-state index contributed by atoms with van der Waals surface area (Å²) >= 11 is 1.55. The lowest BCUT2D eigenvalue weighted by Crippen LogP contribution is -2.27. The zero-order valence-corrected chi connectivity index (χ0v) is 15.8. The highest BCUT2D eigenvalue weighted by molar-refractivity contribution is 7.99. The highest BCUT2D eigenvalue weighted by Crippen LogP contribution is 2.15. The molecule has 0 bridgehead atoms. The smallest absolute Gasteiger partial charge is 0.308 e. The average molecular weight is 362 g/mol. The molecule has 0 heterocycles. The quantitative estimate of drug-likeness (QED) is 0.313. The third kappa shape index (κ3) is 10.5. The molecule has 0 aromatic carbocycles. The van der Waals surface area contributed by atoms with Crippen LogP contribution in [0.15, 0.2) is 11.8 Å². The van der Waals surface area contributed by atoms with Gasteiger partial charge in [0.1, 0.15) is 19.3 Å². The van der Waals surface area contributed by atoms with Crippen LogP contribution < -0.4 is 0 Å². The Morgan fingerprint density at radius 1 is 1.17 bits per heavy atom. The van der Waals surface area contributed by atoms with E-state index >= 15 is 0 Å². The number of allylic oxidation sites excluding steroid dienone is 2. The molecule has 3 atom stereocenters. The van der Waals surface area contributed by atoms with Crippen LogP contribution in [0.1, 0.15) is 40.5 Å². The van der Waals surface area contributed by atoms with Gasteiger partial charge in [-0.05, 0) is 19.4 Å². The second-order valence-corrected chi connectivity index (χ2v) is 6.87. The number of rotatable bonds is 12. The van der Waals surface area contributed by atoms with Crippen LogP contribution in [0.5, 0.6) is 0 Å². The molecule has 0 aliphatic rings. The second kappa shape index (κ2) is 13.1. The van der Waals surface area contributed by atoms with Crippen molar-refractivity contribution in [3.05, 3.63) is 11.8 Å². The first-order chi connectivity index (χ1) is 11.3. The van der Waals surface area contributed by atoms with Crippen LogP contribution in [0, 0.1) is 11.8 Å². The van der Waals surface area contributed by atoms with Crippen molar-refractivity contribution >= 4 is 23.7 Å². The lowest BCUT2D eigenvalue weighted by Gasteiger charge is -2.14. The summed E-state index contributed by atoms with van der Waals surface area (Å²) in [5.41, 5.74) is 0. The standard InChI is InChI=1S/C17H30O6S/c1-5-12(3)17(21)23-10-14(18)9-22-16(20)7-8-24-11-13(4)15(19)6-2/h6,12-14,18-19H,5,7-11H2,1-4H3/b15-6-. The Morgan fingerprint density at radius 3 is 2.38 bits per heavy atom. The van der Waals surface area contributed by atoms with Crippen molar-refractivity contribution in [2.75, 3.05) is 24.7 Å². The van der Waals surface area contributed by atoms with E-state index in [2.05, 4.69) is 0 Å². The molecule has 140 valence electrons. The summed E-state index contributed by atoms with van der Waals surface area (Å²) in [5.74, 6) is 0.728. The molecule has 0 amide bonds. The Balaban J connectivity index is 3.76. The summed E-state index contributed by atoms with van der Waals surface area (Å²) in [5, 5.41) is 19.2. The molecular formula is C17H30O6S. The lowest BCUT2D eigenvalue weighted by molar-refractivity contribution is -0.154. The highest BCUT2D eigenvalue weighted by atomic mass is 32.2. The second-order valence-electron chi connectivity index (χ2n) is 5.72. The summed E-state index contributed by atoms with van der Waals surface area (Å²) in [7, 11) is 0. The molecule has 0 aromatic rings. The summed E-state index contributed by atoms with van der Waals surface area (Å²) in [6.45, 7) is 6.96. The summed E-state index contributed by atoms with van der Waals surface area (Å²) in [6.07, 6.45) is 1.55. The summed E-state index contributed by atoms with van der Waals surface area (Å²) in [6, 6.07) is 0. The molecule has 0 saturated carbocycles. The van der Waals surface area contributed by atoms with Gasteiger partial charge in [0, 0.05) is 17.4 Å². The van der Waals surface area contributed by atoms with Crippen LogP contribution in [0.2, 0.25) is 0 Å². The number of carbonyl (C=O) groups is 2. The minimum Gasteiger partial charge on any atom is -0.512 e. The molecule has 0 aromatic heterocycles. The van der Waals surface area contributed by atoms with E-state index in [1.165, 1.54) is 0 Å². The average Bonchev–Trinajstić information content (AvgIpc) is 2.59. The van der Waals surface area contributed by atoms with Crippen LogP contribution in [0.3, 0.4) is 0 Å². The maximum atomic E-state index is 11.6. The van der Waals surface area contributed by atoms with Crippen LogP contribution in [0.4, 0.5) is 0 Å². The fourth-order valence-electron chi connectivity index (χ4n) is 1.58. The van der Waals surface area contributed by atoms with Gasteiger partial charge in [0.2, 0.25) is 0 Å². The SMILES string of the molecule is C/C=C(\O)C(C)CSCCC(=O)OCC(O)COC(=O)C(C)CC. The first-order valence-electron chi connectivity index (χ1n) is 8.24. The maximum Gasteiger partial charge on any atom is 0.308 e. The third-order valence-electron chi connectivity index (χ3n) is 3.49. The van der Waals surface area contributed by atoms with Gasteiger partial charge >= 0.3 is 11.9 Å². The van der Waals surface area contributed by atoms with Crippen LogP contribution >= 0.6 is 11.8 Å². The molecule has 0 spiro atoms. The predicted molar refractivity (Wildman–Crippen MR) is 94.9 cm³/mol. The van der Waals surface area contributed by atoms with E-state index in [0.29, 0.717) is 17.9 Å². The summed E-state index contributed by atoms with van der Waals surface area (Å²) < 4.78 is 9.88. The van der Waals surface area contributed by atoms with Gasteiger partial charge in [0.15, 0.2) is 0 Å². The van der Waals surface area contributed by atoms with Crippen LogP contribution in [-0.2, 0) is 19.1 Å². The van der Waals surface area contributed by atoms with Crippen LogP contribution in [-0.4, -0.2) is 53.0 Å². The van der Waals surface area contributed by atoms with E-state index in [1.807, 2.05) is 13.8 Å². The molecule has 0 rings (SSSR count). The minimum atomic E-state index is -1.01. The molecule has 0 radical (unpaired) electrons. The van der Waals surface area contributed by atoms with Crippen molar-refractivity contribution < 1.29 is 29.3 Å². The Morgan fingerprint density at radius 2 is 1.79 bits per heavy atom. The van der Waals surface area contributed by atoms with Crippen molar-refractivity contribution in [3.8, 4) is 0 Å². The number of ether oxygens (including phenoxy) is 2. The van der Waals surface area contributed by atoms with Crippen molar-refractivity contribution in [1.29, 1.82) is 0 Å². The lowest BCUT2D eigenvalue weighted by atomic mass is 10.1. The molecule has 0 aliphatic carbocycles. The van der Waals surface area contributed by atoms with Gasteiger partial charge in [-0.25, -0.2) is 0 Å². The topological polar surface area (TPSA) is 93.1 Å². The Labute approximate surface area is 148 Å². The van der Waals surface area contributed by atoms with Gasteiger partial charge in [-0.1, -0.05) is 20.8 Å². The fourth-order valence-corrected chi connectivity index (χ4v) is 2.58. The number of aliphatic hydroxyl groups is 2. The summed E-state index contributed by atoms with van der Waals surface area (Å²) in [4.78, 5) is 23.0. The molecule has 24 heavy (non-hydrogen) atoms. The van der Waals surface area contributed by atoms with Gasteiger partial charge in [-0.2, -0.15) is 11.8 Å². The van der Waals surface area contributed by atoms with E-state index in [-0.39, 0.29) is 37.4 Å². The van der Waals surface area contributed by atoms with E-state index in [4.69, 9.17) is 9.47 Å².